The van der Waals surface area contributed by atoms with Gasteiger partial charge < -0.3 is 15.3 Å². The molecule has 3 N–H and O–H groups in total. The summed E-state index contributed by atoms with van der Waals surface area (Å²) in [4.78, 5) is 0. The van der Waals surface area contributed by atoms with E-state index in [4.69, 9.17) is 15.3 Å². The SMILES string of the molecule is OC1CCCCC1.OCCO. The topological polar surface area (TPSA) is 60.7 Å². The van der Waals surface area contributed by atoms with Gasteiger partial charge in [0.1, 0.15) is 0 Å². The molecule has 1 fully saturated rings. The van der Waals surface area contributed by atoms with E-state index in [9.17, 15) is 0 Å². The van der Waals surface area contributed by atoms with Gasteiger partial charge in [-0.25, -0.2) is 0 Å². The van der Waals surface area contributed by atoms with Crippen molar-refractivity contribution >= 4 is 0 Å². The predicted octanol–water partition coefficient (Wildman–Crippen LogP) is 0.282. The average Bonchev–Trinajstić information content (AvgIpc) is 2.07. The molecule has 68 valence electrons. The van der Waals surface area contributed by atoms with Crippen LogP contribution < -0.4 is 0 Å². The molecule has 0 radical (unpaired) electrons. The van der Waals surface area contributed by atoms with E-state index >= 15 is 0 Å². The molecule has 1 rings (SSSR count). The third kappa shape index (κ3) is 7.78. The summed E-state index contributed by atoms with van der Waals surface area (Å²) in [6.45, 7) is -0.250. The van der Waals surface area contributed by atoms with Crippen LogP contribution in [0.2, 0.25) is 0 Å². The molecule has 11 heavy (non-hydrogen) atoms. The Kier molecular flexibility index (Phi) is 7.89. The molecule has 1 aliphatic rings. The maximum Gasteiger partial charge on any atom is 0.0662 e. The van der Waals surface area contributed by atoms with Gasteiger partial charge in [-0.3, -0.25) is 0 Å². The van der Waals surface area contributed by atoms with E-state index in [2.05, 4.69) is 0 Å². The maximum absolute atomic E-state index is 8.91. The van der Waals surface area contributed by atoms with Gasteiger partial charge in [0, 0.05) is 0 Å². The van der Waals surface area contributed by atoms with Crippen molar-refractivity contribution in [1.29, 1.82) is 0 Å². The van der Waals surface area contributed by atoms with Crippen LogP contribution in [0.5, 0.6) is 0 Å². The Bertz CT molecular complexity index is 67.7. The first-order valence-corrected chi connectivity index (χ1v) is 4.21. The molecule has 1 aliphatic carbocycles. The lowest BCUT2D eigenvalue weighted by Crippen LogP contribution is -2.09. The van der Waals surface area contributed by atoms with Crippen LogP contribution in [-0.2, 0) is 0 Å². The van der Waals surface area contributed by atoms with E-state index in [1.165, 1.54) is 19.3 Å². The van der Waals surface area contributed by atoms with E-state index < -0.39 is 0 Å². The number of hydrogen-bond donors (Lipinski definition) is 3. The maximum atomic E-state index is 8.91. The number of hydrogen-bond acceptors (Lipinski definition) is 3. The van der Waals surface area contributed by atoms with Crippen molar-refractivity contribution in [2.45, 2.75) is 38.2 Å². The second-order valence-electron chi connectivity index (χ2n) is 2.74. The Morgan fingerprint density at radius 3 is 1.55 bits per heavy atom. The summed E-state index contributed by atoms with van der Waals surface area (Å²) < 4.78 is 0. The van der Waals surface area contributed by atoms with Crippen molar-refractivity contribution in [2.24, 2.45) is 0 Å². The molecule has 0 amide bonds. The third-order valence-electron chi connectivity index (χ3n) is 1.67. The molecule has 0 aromatic heterocycles. The highest BCUT2D eigenvalue weighted by Gasteiger charge is 2.07. The molecule has 0 aromatic rings. The van der Waals surface area contributed by atoms with Crippen molar-refractivity contribution in [2.75, 3.05) is 13.2 Å². The Labute approximate surface area is 67.7 Å². The molecule has 0 atom stereocenters. The average molecular weight is 162 g/mol. The first kappa shape index (κ1) is 10.9. The van der Waals surface area contributed by atoms with Crippen LogP contribution in [0.25, 0.3) is 0 Å². The molecule has 0 aliphatic heterocycles. The van der Waals surface area contributed by atoms with Crippen LogP contribution in [0.4, 0.5) is 0 Å². The fourth-order valence-corrected chi connectivity index (χ4v) is 1.08. The standard InChI is InChI=1S/C6H12O.C2H6O2/c7-6-4-2-1-3-5-6;3-1-2-4/h6-7H,1-5H2;3-4H,1-2H2. The first-order valence-electron chi connectivity index (χ1n) is 4.21. The van der Waals surface area contributed by atoms with E-state index in [0.717, 1.165) is 12.8 Å². The van der Waals surface area contributed by atoms with Crippen LogP contribution in [0.1, 0.15) is 32.1 Å². The monoisotopic (exact) mass is 162 g/mol. The van der Waals surface area contributed by atoms with Gasteiger partial charge in [0.2, 0.25) is 0 Å². The molecule has 3 nitrogen and oxygen atoms in total. The van der Waals surface area contributed by atoms with Gasteiger partial charge in [0.15, 0.2) is 0 Å². The summed E-state index contributed by atoms with van der Waals surface area (Å²) in [5.74, 6) is 0. The highest BCUT2D eigenvalue weighted by molar-refractivity contribution is 4.61. The van der Waals surface area contributed by atoms with Crippen LogP contribution in [0, 0.1) is 0 Å². The lowest BCUT2D eigenvalue weighted by molar-refractivity contribution is 0.130. The molecule has 0 saturated heterocycles. The number of aliphatic hydroxyl groups is 3. The summed E-state index contributed by atoms with van der Waals surface area (Å²) in [5, 5.41) is 24.2. The Morgan fingerprint density at radius 2 is 1.36 bits per heavy atom. The fraction of sp³-hybridized carbons (Fsp3) is 1.00. The second kappa shape index (κ2) is 7.98. The molecule has 0 bridgehead atoms. The summed E-state index contributed by atoms with van der Waals surface area (Å²) in [6.07, 6.45) is 5.92. The highest BCUT2D eigenvalue weighted by Crippen LogP contribution is 2.16. The van der Waals surface area contributed by atoms with E-state index in [-0.39, 0.29) is 19.3 Å². The zero-order chi connectivity index (χ0) is 8.53. The van der Waals surface area contributed by atoms with Gasteiger partial charge in [-0.2, -0.15) is 0 Å². The second-order valence-corrected chi connectivity index (χ2v) is 2.74. The van der Waals surface area contributed by atoms with E-state index in [0.29, 0.717) is 0 Å². The minimum absolute atomic E-state index is 0.0359. The van der Waals surface area contributed by atoms with Gasteiger partial charge in [-0.15, -0.1) is 0 Å². The summed E-state index contributed by atoms with van der Waals surface area (Å²) in [6, 6.07) is 0. The van der Waals surface area contributed by atoms with Crippen LogP contribution in [-0.4, -0.2) is 34.6 Å². The summed E-state index contributed by atoms with van der Waals surface area (Å²) in [7, 11) is 0. The Balaban J connectivity index is 0.000000218. The van der Waals surface area contributed by atoms with Crippen molar-refractivity contribution in [3.8, 4) is 0 Å². The zero-order valence-electron chi connectivity index (χ0n) is 6.87. The van der Waals surface area contributed by atoms with Gasteiger partial charge in [0.25, 0.3) is 0 Å². The molecule has 1 saturated carbocycles. The molecular weight excluding hydrogens is 144 g/mol. The zero-order valence-corrected chi connectivity index (χ0v) is 6.87. The van der Waals surface area contributed by atoms with E-state index in [1.54, 1.807) is 0 Å². The highest BCUT2D eigenvalue weighted by atomic mass is 16.3. The minimum Gasteiger partial charge on any atom is -0.394 e. The third-order valence-corrected chi connectivity index (χ3v) is 1.67. The molecule has 0 spiro atoms. The largest absolute Gasteiger partial charge is 0.394 e. The van der Waals surface area contributed by atoms with Crippen LogP contribution in [0.3, 0.4) is 0 Å². The summed E-state index contributed by atoms with van der Waals surface area (Å²) in [5.41, 5.74) is 0. The minimum atomic E-state index is -0.125. The van der Waals surface area contributed by atoms with Gasteiger partial charge in [-0.05, 0) is 12.8 Å². The normalized spacial score (nSPS) is 18.8. The van der Waals surface area contributed by atoms with Gasteiger partial charge >= 0.3 is 0 Å². The molecule has 0 unspecified atom stereocenters. The fourth-order valence-electron chi connectivity index (χ4n) is 1.08. The van der Waals surface area contributed by atoms with Crippen molar-refractivity contribution in [3.63, 3.8) is 0 Å². The Hall–Kier alpha value is -0.120. The van der Waals surface area contributed by atoms with Crippen molar-refractivity contribution in [3.05, 3.63) is 0 Å². The predicted molar refractivity (Wildman–Crippen MR) is 43.3 cm³/mol. The number of rotatable bonds is 1. The molecule has 0 heterocycles. The van der Waals surface area contributed by atoms with Crippen LogP contribution in [0.15, 0.2) is 0 Å². The van der Waals surface area contributed by atoms with Crippen LogP contribution >= 0.6 is 0 Å². The quantitative estimate of drug-likeness (QED) is 0.519. The first-order chi connectivity index (χ1) is 5.31. The van der Waals surface area contributed by atoms with Crippen molar-refractivity contribution < 1.29 is 15.3 Å². The van der Waals surface area contributed by atoms with Gasteiger partial charge in [-0.1, -0.05) is 19.3 Å². The molecule has 0 aromatic carbocycles. The molecular formula is C8H18O3. The lowest BCUT2D eigenvalue weighted by atomic mass is 9.98. The Morgan fingerprint density at radius 1 is 0.909 bits per heavy atom. The summed E-state index contributed by atoms with van der Waals surface area (Å²) >= 11 is 0. The number of aliphatic hydroxyl groups excluding tert-OH is 3. The van der Waals surface area contributed by atoms with E-state index in [1.807, 2.05) is 0 Å². The molecule has 3 heteroatoms. The van der Waals surface area contributed by atoms with Crippen molar-refractivity contribution in [1.82, 2.24) is 0 Å². The van der Waals surface area contributed by atoms with Gasteiger partial charge in [0.05, 0.1) is 19.3 Å². The smallest absolute Gasteiger partial charge is 0.0662 e. The lowest BCUT2D eigenvalue weighted by Gasteiger charge is -2.14.